The smallest absolute Gasteiger partial charge is 0.407 e. The van der Waals surface area contributed by atoms with Crippen molar-refractivity contribution in [3.05, 3.63) is 41.9 Å². The molecule has 0 unspecified atom stereocenters. The minimum Gasteiger partial charge on any atom is -0.446 e. The van der Waals surface area contributed by atoms with Crippen molar-refractivity contribution in [2.45, 2.75) is 52.2 Å². The molecule has 0 aromatic carbocycles. The van der Waals surface area contributed by atoms with Gasteiger partial charge in [0.25, 0.3) is 0 Å². The van der Waals surface area contributed by atoms with Crippen LogP contribution in [-0.2, 0) is 16.1 Å². The summed E-state index contributed by atoms with van der Waals surface area (Å²) < 4.78 is 5.39. The van der Waals surface area contributed by atoms with Crippen molar-refractivity contribution in [1.82, 2.24) is 20.5 Å². The zero-order valence-corrected chi connectivity index (χ0v) is 15.8. The molecule has 144 valence electrons. The molecular formula is C19H25N5O3. The topological polar surface area (TPSA) is 109 Å². The van der Waals surface area contributed by atoms with E-state index in [9.17, 15) is 9.59 Å². The van der Waals surface area contributed by atoms with E-state index in [1.807, 2.05) is 45.0 Å². The maximum Gasteiger partial charge on any atom is 0.407 e. The first-order valence-corrected chi connectivity index (χ1v) is 9.02. The van der Waals surface area contributed by atoms with Crippen molar-refractivity contribution in [2.24, 2.45) is 5.41 Å². The van der Waals surface area contributed by atoms with Gasteiger partial charge in [0.1, 0.15) is 11.9 Å². The van der Waals surface area contributed by atoms with Crippen LogP contribution in [-0.4, -0.2) is 33.3 Å². The number of rotatable bonds is 5. The number of carbonyl (C=O) groups is 2. The van der Waals surface area contributed by atoms with E-state index in [1.165, 1.54) is 0 Å². The third-order valence-corrected chi connectivity index (χ3v) is 4.45. The molecule has 27 heavy (non-hydrogen) atoms. The molecule has 0 atom stereocenters. The minimum absolute atomic E-state index is 0.0721. The Bertz CT molecular complexity index is 791. The third kappa shape index (κ3) is 5.06. The monoisotopic (exact) mass is 371 g/mol. The summed E-state index contributed by atoms with van der Waals surface area (Å²) in [5, 5.41) is 12.6. The molecule has 0 bridgehead atoms. The van der Waals surface area contributed by atoms with E-state index in [1.54, 1.807) is 6.20 Å². The second-order valence-electron chi connectivity index (χ2n) is 7.78. The standard InChI is InChI=1S/C19H25N5O3/c1-19(2,3)17(25)22-16-10-15(23-24-16)12-8-14(9-12)27-18(26)21-11-13-6-4-5-7-20-13/h4-7,10,12,14H,8-9,11H2,1-3H3,(H,21,26)(H2,22,23,24,25). The largest absolute Gasteiger partial charge is 0.446 e. The molecule has 1 aliphatic carbocycles. The molecule has 0 radical (unpaired) electrons. The summed E-state index contributed by atoms with van der Waals surface area (Å²) in [5.74, 6) is 0.731. The molecule has 0 saturated heterocycles. The summed E-state index contributed by atoms with van der Waals surface area (Å²) in [5.41, 5.74) is 1.18. The average molecular weight is 371 g/mol. The number of nitrogens with one attached hydrogen (secondary N) is 3. The van der Waals surface area contributed by atoms with Crippen LogP contribution in [0.15, 0.2) is 30.5 Å². The number of alkyl carbamates (subject to hydrolysis) is 1. The van der Waals surface area contributed by atoms with Gasteiger partial charge in [0.05, 0.1) is 17.9 Å². The van der Waals surface area contributed by atoms with Gasteiger partial charge in [-0.3, -0.25) is 14.9 Å². The number of anilines is 1. The van der Waals surface area contributed by atoms with Crippen LogP contribution in [0.3, 0.4) is 0 Å². The van der Waals surface area contributed by atoms with Crippen LogP contribution in [0.25, 0.3) is 0 Å². The average Bonchev–Trinajstić information content (AvgIpc) is 3.04. The number of amides is 2. The molecule has 0 aliphatic heterocycles. The number of H-pyrrole nitrogens is 1. The number of hydrogen-bond acceptors (Lipinski definition) is 5. The molecule has 0 spiro atoms. The van der Waals surface area contributed by atoms with Crippen molar-refractivity contribution >= 4 is 17.8 Å². The highest BCUT2D eigenvalue weighted by Crippen LogP contribution is 2.38. The molecule has 2 amide bonds. The van der Waals surface area contributed by atoms with Crippen LogP contribution in [0, 0.1) is 5.41 Å². The fourth-order valence-corrected chi connectivity index (χ4v) is 2.68. The number of ether oxygens (including phenoxy) is 1. The Hall–Kier alpha value is -2.90. The SMILES string of the molecule is CC(C)(C)C(=O)Nc1cc(C2CC(OC(=O)NCc3ccccn3)C2)n[nH]1. The molecule has 3 N–H and O–H groups in total. The zero-order chi connectivity index (χ0) is 19.4. The van der Waals surface area contributed by atoms with Crippen LogP contribution in [0.2, 0.25) is 0 Å². The molecular weight excluding hydrogens is 346 g/mol. The third-order valence-electron chi connectivity index (χ3n) is 4.45. The van der Waals surface area contributed by atoms with Crippen LogP contribution in [0.4, 0.5) is 10.6 Å². The van der Waals surface area contributed by atoms with E-state index >= 15 is 0 Å². The van der Waals surface area contributed by atoms with E-state index in [4.69, 9.17) is 4.74 Å². The summed E-state index contributed by atoms with van der Waals surface area (Å²) in [7, 11) is 0. The van der Waals surface area contributed by atoms with E-state index in [0.717, 1.165) is 11.4 Å². The van der Waals surface area contributed by atoms with Gasteiger partial charge in [-0.15, -0.1) is 0 Å². The van der Waals surface area contributed by atoms with Gasteiger partial charge in [-0.2, -0.15) is 5.10 Å². The maximum atomic E-state index is 12.0. The Balaban J connectivity index is 1.40. The lowest BCUT2D eigenvalue weighted by Crippen LogP contribution is -2.36. The Kier molecular flexibility index (Phi) is 5.43. The van der Waals surface area contributed by atoms with Crippen molar-refractivity contribution in [2.75, 3.05) is 5.32 Å². The van der Waals surface area contributed by atoms with Gasteiger partial charge in [0, 0.05) is 23.6 Å². The van der Waals surface area contributed by atoms with Gasteiger partial charge in [0.2, 0.25) is 5.91 Å². The summed E-state index contributed by atoms with van der Waals surface area (Å²) in [6.07, 6.45) is 2.55. The number of hydrogen-bond donors (Lipinski definition) is 3. The summed E-state index contributed by atoms with van der Waals surface area (Å²) in [6.45, 7) is 5.90. The van der Waals surface area contributed by atoms with Gasteiger partial charge < -0.3 is 15.4 Å². The lowest BCUT2D eigenvalue weighted by Gasteiger charge is -2.33. The highest BCUT2D eigenvalue weighted by molar-refractivity contribution is 5.93. The fourth-order valence-electron chi connectivity index (χ4n) is 2.68. The molecule has 1 aliphatic rings. The summed E-state index contributed by atoms with van der Waals surface area (Å²) in [6, 6.07) is 7.37. The second kappa shape index (κ2) is 7.77. The van der Waals surface area contributed by atoms with Crippen LogP contribution in [0.5, 0.6) is 0 Å². The number of aromatic amines is 1. The molecule has 1 saturated carbocycles. The summed E-state index contributed by atoms with van der Waals surface area (Å²) in [4.78, 5) is 28.0. The molecule has 2 aromatic heterocycles. The number of aromatic nitrogens is 3. The van der Waals surface area contributed by atoms with E-state index in [2.05, 4.69) is 25.8 Å². The normalized spacial score (nSPS) is 19.1. The molecule has 8 heteroatoms. The molecule has 2 aromatic rings. The maximum absolute atomic E-state index is 12.0. The van der Waals surface area contributed by atoms with Crippen molar-refractivity contribution < 1.29 is 14.3 Å². The molecule has 8 nitrogen and oxygen atoms in total. The Morgan fingerprint density at radius 2 is 2.07 bits per heavy atom. The molecule has 2 heterocycles. The number of nitrogens with zero attached hydrogens (tertiary/aromatic N) is 2. The number of pyridine rings is 1. The van der Waals surface area contributed by atoms with Gasteiger partial charge in [-0.25, -0.2) is 4.79 Å². The lowest BCUT2D eigenvalue weighted by molar-refractivity contribution is -0.123. The van der Waals surface area contributed by atoms with Crippen LogP contribution < -0.4 is 10.6 Å². The Labute approximate surface area is 158 Å². The summed E-state index contributed by atoms with van der Waals surface area (Å²) >= 11 is 0. The number of carbonyl (C=O) groups excluding carboxylic acids is 2. The van der Waals surface area contributed by atoms with Crippen molar-refractivity contribution in [3.63, 3.8) is 0 Å². The second-order valence-corrected chi connectivity index (χ2v) is 7.78. The first-order valence-electron chi connectivity index (χ1n) is 9.02. The molecule has 1 fully saturated rings. The quantitative estimate of drug-likeness (QED) is 0.749. The highest BCUT2D eigenvalue weighted by atomic mass is 16.6. The molecule has 3 rings (SSSR count). The van der Waals surface area contributed by atoms with Crippen LogP contribution in [0.1, 0.15) is 50.9 Å². The predicted octanol–water partition coefficient (Wildman–Crippen LogP) is 2.96. The zero-order valence-electron chi connectivity index (χ0n) is 15.8. The minimum atomic E-state index is -0.469. The van der Waals surface area contributed by atoms with Gasteiger partial charge in [-0.05, 0) is 25.0 Å². The Morgan fingerprint density at radius 3 is 2.74 bits per heavy atom. The fraction of sp³-hybridized carbons (Fsp3) is 0.474. The van der Waals surface area contributed by atoms with E-state index in [-0.39, 0.29) is 17.9 Å². The predicted molar refractivity (Wildman–Crippen MR) is 100.0 cm³/mol. The van der Waals surface area contributed by atoms with Gasteiger partial charge in [-0.1, -0.05) is 26.8 Å². The first kappa shape index (κ1) is 18.9. The van der Waals surface area contributed by atoms with Gasteiger partial charge >= 0.3 is 6.09 Å². The van der Waals surface area contributed by atoms with Gasteiger partial charge in [0.15, 0.2) is 0 Å². The van der Waals surface area contributed by atoms with E-state index in [0.29, 0.717) is 25.2 Å². The van der Waals surface area contributed by atoms with Crippen LogP contribution >= 0.6 is 0 Å². The first-order chi connectivity index (χ1) is 12.8. The lowest BCUT2D eigenvalue weighted by atomic mass is 9.80. The van der Waals surface area contributed by atoms with E-state index < -0.39 is 11.5 Å². The highest BCUT2D eigenvalue weighted by Gasteiger charge is 2.35. The Morgan fingerprint density at radius 1 is 1.30 bits per heavy atom. The van der Waals surface area contributed by atoms with Crippen molar-refractivity contribution in [3.8, 4) is 0 Å². The van der Waals surface area contributed by atoms with Crippen molar-refractivity contribution in [1.29, 1.82) is 0 Å².